The van der Waals surface area contributed by atoms with Crippen LogP contribution in [0.2, 0.25) is 0 Å². The van der Waals surface area contributed by atoms with E-state index in [1.807, 2.05) is 0 Å². The highest BCUT2D eigenvalue weighted by atomic mass is 79.9. The maximum absolute atomic E-state index is 13.6. The third-order valence-electron chi connectivity index (χ3n) is 2.85. The Hall–Kier alpha value is -1.40. The van der Waals surface area contributed by atoms with Crippen molar-refractivity contribution in [2.75, 3.05) is 12.3 Å². The largest absolute Gasteiger partial charge is 0.462 e. The van der Waals surface area contributed by atoms with Gasteiger partial charge >= 0.3 is 5.97 Å². The number of esters is 1. The van der Waals surface area contributed by atoms with E-state index in [2.05, 4.69) is 15.9 Å². The van der Waals surface area contributed by atoms with Gasteiger partial charge in [-0.15, -0.1) is 11.3 Å². The lowest BCUT2D eigenvalue weighted by atomic mass is 10.1. The van der Waals surface area contributed by atoms with E-state index in [1.165, 1.54) is 17.4 Å². The molecule has 20 heavy (non-hydrogen) atoms. The number of halogens is 2. The van der Waals surface area contributed by atoms with Crippen molar-refractivity contribution in [3.63, 3.8) is 0 Å². The molecule has 0 saturated heterocycles. The van der Waals surface area contributed by atoms with Crippen LogP contribution in [0.3, 0.4) is 0 Å². The maximum atomic E-state index is 13.6. The summed E-state index contributed by atoms with van der Waals surface area (Å²) in [6.07, 6.45) is 0. The number of thiophene rings is 1. The predicted molar refractivity (Wildman–Crippen MR) is 82.5 cm³/mol. The molecular formula is C14H13BrFNO2S. The lowest BCUT2D eigenvalue weighted by molar-refractivity contribution is 0.0533. The quantitative estimate of drug-likeness (QED) is 0.829. The number of carbonyl (C=O) groups is 1. The SMILES string of the molecule is CCOC(=O)c1sc(-c2cccc(F)c2Br)c(C)c1N. The molecule has 0 aliphatic rings. The fourth-order valence-electron chi connectivity index (χ4n) is 1.81. The first-order valence-electron chi connectivity index (χ1n) is 5.97. The summed E-state index contributed by atoms with van der Waals surface area (Å²) in [7, 11) is 0. The van der Waals surface area contributed by atoms with Gasteiger partial charge in [-0.2, -0.15) is 0 Å². The van der Waals surface area contributed by atoms with Crippen molar-refractivity contribution in [2.24, 2.45) is 0 Å². The number of rotatable bonds is 3. The van der Waals surface area contributed by atoms with Gasteiger partial charge in [-0.25, -0.2) is 9.18 Å². The van der Waals surface area contributed by atoms with E-state index in [-0.39, 0.29) is 12.4 Å². The standard InChI is InChI=1S/C14H13BrFNO2S/c1-3-19-14(18)13-11(17)7(2)12(20-13)8-5-4-6-9(16)10(8)15/h4-6H,3,17H2,1-2H3. The van der Waals surface area contributed by atoms with Crippen LogP contribution in [0.4, 0.5) is 10.1 Å². The molecule has 2 N–H and O–H groups in total. The Balaban J connectivity index is 2.56. The Morgan fingerprint density at radius 3 is 2.85 bits per heavy atom. The molecule has 2 aromatic rings. The molecule has 0 unspecified atom stereocenters. The molecule has 1 aromatic carbocycles. The van der Waals surface area contributed by atoms with Crippen LogP contribution in [0.5, 0.6) is 0 Å². The number of benzene rings is 1. The average molecular weight is 358 g/mol. The highest BCUT2D eigenvalue weighted by Crippen LogP contribution is 2.41. The molecule has 0 radical (unpaired) electrons. The van der Waals surface area contributed by atoms with Crippen LogP contribution in [0.25, 0.3) is 10.4 Å². The fraction of sp³-hybridized carbons (Fsp3) is 0.214. The summed E-state index contributed by atoms with van der Waals surface area (Å²) in [5.74, 6) is -0.802. The first kappa shape index (κ1) is 15.0. The molecule has 0 bridgehead atoms. The first-order chi connectivity index (χ1) is 9.47. The summed E-state index contributed by atoms with van der Waals surface area (Å²) < 4.78 is 19.0. The van der Waals surface area contributed by atoms with E-state index in [9.17, 15) is 9.18 Å². The van der Waals surface area contributed by atoms with Gasteiger partial charge < -0.3 is 10.5 Å². The third-order valence-corrected chi connectivity index (χ3v) is 4.98. The lowest BCUT2D eigenvalue weighted by Gasteiger charge is -2.04. The molecule has 106 valence electrons. The van der Waals surface area contributed by atoms with Gasteiger partial charge in [0.2, 0.25) is 0 Å². The molecule has 0 atom stereocenters. The van der Waals surface area contributed by atoms with E-state index >= 15 is 0 Å². The molecule has 0 spiro atoms. The molecule has 2 rings (SSSR count). The summed E-state index contributed by atoms with van der Waals surface area (Å²) in [5, 5.41) is 0. The average Bonchev–Trinajstić information content (AvgIpc) is 2.70. The van der Waals surface area contributed by atoms with Crippen LogP contribution in [-0.4, -0.2) is 12.6 Å². The normalized spacial score (nSPS) is 10.6. The van der Waals surface area contributed by atoms with Crippen LogP contribution >= 0.6 is 27.3 Å². The van der Waals surface area contributed by atoms with E-state index < -0.39 is 5.97 Å². The van der Waals surface area contributed by atoms with Gasteiger partial charge in [0.15, 0.2) is 0 Å². The van der Waals surface area contributed by atoms with Crippen molar-refractivity contribution in [3.05, 3.63) is 38.9 Å². The minimum atomic E-state index is -0.447. The zero-order valence-electron chi connectivity index (χ0n) is 11.0. The fourth-order valence-corrected chi connectivity index (χ4v) is 3.56. The molecule has 0 amide bonds. The van der Waals surface area contributed by atoms with Crippen molar-refractivity contribution in [1.82, 2.24) is 0 Å². The van der Waals surface area contributed by atoms with E-state index in [4.69, 9.17) is 10.5 Å². The Morgan fingerprint density at radius 2 is 2.20 bits per heavy atom. The smallest absolute Gasteiger partial charge is 0.350 e. The van der Waals surface area contributed by atoms with Crippen LogP contribution in [0.1, 0.15) is 22.2 Å². The second-order valence-electron chi connectivity index (χ2n) is 4.12. The van der Waals surface area contributed by atoms with Crippen molar-refractivity contribution in [2.45, 2.75) is 13.8 Å². The van der Waals surface area contributed by atoms with Gasteiger partial charge in [0.1, 0.15) is 10.7 Å². The maximum Gasteiger partial charge on any atom is 0.350 e. The lowest BCUT2D eigenvalue weighted by Crippen LogP contribution is -2.05. The molecule has 0 saturated carbocycles. The molecule has 0 aliphatic carbocycles. The molecule has 1 aromatic heterocycles. The zero-order chi connectivity index (χ0) is 14.9. The molecule has 0 fully saturated rings. The second kappa shape index (κ2) is 5.93. The number of hydrogen-bond donors (Lipinski definition) is 1. The highest BCUT2D eigenvalue weighted by Gasteiger charge is 2.22. The molecule has 0 aliphatic heterocycles. The van der Waals surface area contributed by atoms with Gasteiger partial charge in [0, 0.05) is 10.4 Å². The van der Waals surface area contributed by atoms with Gasteiger partial charge in [-0.05, 0) is 41.4 Å². The summed E-state index contributed by atoms with van der Waals surface area (Å²) in [4.78, 5) is 13.0. The van der Waals surface area contributed by atoms with E-state index in [0.717, 1.165) is 10.4 Å². The number of hydrogen-bond acceptors (Lipinski definition) is 4. The van der Waals surface area contributed by atoms with Crippen LogP contribution in [0, 0.1) is 12.7 Å². The Morgan fingerprint density at radius 1 is 1.50 bits per heavy atom. The second-order valence-corrected chi connectivity index (χ2v) is 5.93. The Labute approximate surface area is 128 Å². The van der Waals surface area contributed by atoms with Crippen molar-refractivity contribution in [1.29, 1.82) is 0 Å². The van der Waals surface area contributed by atoms with Gasteiger partial charge in [0.05, 0.1) is 16.8 Å². The van der Waals surface area contributed by atoms with E-state index in [0.29, 0.717) is 20.6 Å². The van der Waals surface area contributed by atoms with Crippen LogP contribution < -0.4 is 5.73 Å². The molecule has 6 heteroatoms. The van der Waals surface area contributed by atoms with Crippen molar-refractivity contribution < 1.29 is 13.9 Å². The predicted octanol–water partition coefficient (Wildman–Crippen LogP) is 4.38. The van der Waals surface area contributed by atoms with Crippen molar-refractivity contribution in [3.8, 4) is 10.4 Å². The zero-order valence-corrected chi connectivity index (χ0v) is 13.4. The van der Waals surface area contributed by atoms with Gasteiger partial charge in [-0.3, -0.25) is 0 Å². The number of carbonyl (C=O) groups excluding carboxylic acids is 1. The number of ether oxygens (including phenoxy) is 1. The van der Waals surface area contributed by atoms with Gasteiger partial charge in [-0.1, -0.05) is 12.1 Å². The topological polar surface area (TPSA) is 52.3 Å². The molecular weight excluding hydrogens is 345 g/mol. The molecule has 3 nitrogen and oxygen atoms in total. The van der Waals surface area contributed by atoms with Crippen molar-refractivity contribution >= 4 is 38.9 Å². The number of nitrogens with two attached hydrogens (primary N) is 1. The minimum Gasteiger partial charge on any atom is -0.462 e. The molecule has 1 heterocycles. The summed E-state index contributed by atoms with van der Waals surface area (Å²) in [6, 6.07) is 4.77. The summed E-state index contributed by atoms with van der Waals surface area (Å²) in [5.41, 5.74) is 7.78. The number of nitrogen functional groups attached to an aromatic ring is 1. The Bertz CT molecular complexity index is 669. The van der Waals surface area contributed by atoms with Crippen LogP contribution in [-0.2, 0) is 4.74 Å². The van der Waals surface area contributed by atoms with E-state index in [1.54, 1.807) is 26.0 Å². The first-order valence-corrected chi connectivity index (χ1v) is 7.58. The summed E-state index contributed by atoms with van der Waals surface area (Å²) >= 11 is 4.44. The highest BCUT2D eigenvalue weighted by molar-refractivity contribution is 9.10. The number of anilines is 1. The summed E-state index contributed by atoms with van der Waals surface area (Å²) in [6.45, 7) is 3.83. The Kier molecular flexibility index (Phi) is 4.45. The minimum absolute atomic E-state index is 0.286. The monoisotopic (exact) mass is 357 g/mol. The van der Waals surface area contributed by atoms with Crippen LogP contribution in [0.15, 0.2) is 22.7 Å². The third kappa shape index (κ3) is 2.58. The van der Waals surface area contributed by atoms with Gasteiger partial charge in [0.25, 0.3) is 0 Å².